The maximum Gasteiger partial charge on any atom is 0.417 e. The van der Waals surface area contributed by atoms with E-state index in [-0.39, 0.29) is 11.4 Å². The average molecular weight is 459 g/mol. The van der Waals surface area contributed by atoms with Gasteiger partial charge in [-0.25, -0.2) is 4.79 Å². The molecule has 1 saturated carbocycles. The quantitative estimate of drug-likeness (QED) is 0.728. The van der Waals surface area contributed by atoms with Crippen LogP contribution in [0.15, 0.2) is 54.3 Å². The number of hydrogen-bond acceptors (Lipinski definition) is 4. The van der Waals surface area contributed by atoms with E-state index in [1.54, 1.807) is 4.90 Å². The lowest BCUT2D eigenvalue weighted by molar-refractivity contribution is -0.138. The van der Waals surface area contributed by atoms with Gasteiger partial charge in [0.05, 0.1) is 17.7 Å². The summed E-state index contributed by atoms with van der Waals surface area (Å²) in [6.07, 6.45) is 7.30. The molecule has 3 aliphatic heterocycles. The SMILES string of the molecule is O=C(NCC1CC12CCN(C(=O)c1cnccc1C(F)(F)F)CC2)N1C=C2C=CNC=C2C1. The lowest BCUT2D eigenvalue weighted by Gasteiger charge is -2.33. The van der Waals surface area contributed by atoms with Crippen LogP contribution in [0.3, 0.4) is 0 Å². The van der Waals surface area contributed by atoms with E-state index < -0.39 is 23.2 Å². The minimum Gasteiger partial charge on any atom is -0.367 e. The average Bonchev–Trinajstić information content (AvgIpc) is 3.28. The number of dihydropyridines is 1. The Kier molecular flexibility index (Phi) is 5.18. The molecule has 7 nitrogen and oxygen atoms in total. The van der Waals surface area contributed by atoms with Crippen molar-refractivity contribution in [3.63, 3.8) is 0 Å². The Morgan fingerprint density at radius 2 is 2.06 bits per heavy atom. The van der Waals surface area contributed by atoms with Gasteiger partial charge in [0.2, 0.25) is 0 Å². The third kappa shape index (κ3) is 4.09. The zero-order valence-corrected chi connectivity index (χ0v) is 17.9. The van der Waals surface area contributed by atoms with E-state index in [9.17, 15) is 22.8 Å². The fraction of sp³-hybridized carbons (Fsp3) is 0.435. The molecule has 174 valence electrons. The summed E-state index contributed by atoms with van der Waals surface area (Å²) in [5.41, 5.74) is 0.786. The van der Waals surface area contributed by atoms with E-state index in [2.05, 4.69) is 15.6 Å². The molecule has 4 aliphatic rings. The first-order valence-corrected chi connectivity index (χ1v) is 11.0. The number of hydrogen-bond donors (Lipinski definition) is 2. The predicted molar refractivity (Wildman–Crippen MR) is 113 cm³/mol. The fourth-order valence-electron chi connectivity index (χ4n) is 5.05. The van der Waals surface area contributed by atoms with Gasteiger partial charge in [-0.05, 0) is 53.9 Å². The van der Waals surface area contributed by atoms with E-state index in [0.717, 1.165) is 48.9 Å². The molecule has 1 atom stereocenters. The third-order valence-electron chi connectivity index (χ3n) is 7.15. The molecule has 10 heteroatoms. The maximum absolute atomic E-state index is 13.3. The second-order valence-corrected chi connectivity index (χ2v) is 9.04. The van der Waals surface area contributed by atoms with Crippen LogP contribution in [0.2, 0.25) is 0 Å². The van der Waals surface area contributed by atoms with Crippen molar-refractivity contribution in [2.24, 2.45) is 11.3 Å². The van der Waals surface area contributed by atoms with Crippen molar-refractivity contribution in [3.05, 3.63) is 65.4 Å². The van der Waals surface area contributed by atoms with Crippen LogP contribution in [0.5, 0.6) is 0 Å². The van der Waals surface area contributed by atoms with Gasteiger partial charge in [0, 0.05) is 50.6 Å². The molecule has 1 aromatic heterocycles. The standard InChI is InChI=1S/C23H24F3N5O2/c24-23(25,26)19-2-6-28-12-18(19)20(32)30-7-3-22(4-8-30)9-17(22)11-29-21(33)31-13-15-1-5-27-10-16(15)14-31/h1-2,5-6,10,12-13,17,27H,3-4,7-9,11,14H2,(H,29,33). The second-order valence-electron chi connectivity index (χ2n) is 9.04. The topological polar surface area (TPSA) is 77.6 Å². The summed E-state index contributed by atoms with van der Waals surface area (Å²) in [7, 11) is 0. The highest BCUT2D eigenvalue weighted by Crippen LogP contribution is 2.59. The van der Waals surface area contributed by atoms with Gasteiger partial charge in [0.25, 0.3) is 5.91 Å². The molecule has 1 aliphatic carbocycles. The van der Waals surface area contributed by atoms with Crippen LogP contribution in [0, 0.1) is 11.3 Å². The molecule has 5 rings (SSSR count). The Bertz CT molecular complexity index is 1070. The number of alkyl halides is 3. The maximum atomic E-state index is 13.3. The molecule has 1 aromatic rings. The first kappa shape index (κ1) is 21.5. The van der Waals surface area contributed by atoms with Gasteiger partial charge in [0.1, 0.15) is 0 Å². The molecule has 2 fully saturated rings. The number of likely N-dealkylation sites (tertiary alicyclic amines) is 1. The van der Waals surface area contributed by atoms with Crippen molar-refractivity contribution >= 4 is 11.9 Å². The number of carbonyl (C=O) groups excluding carboxylic acids is 2. The molecule has 1 spiro atoms. The van der Waals surface area contributed by atoms with Crippen molar-refractivity contribution in [2.75, 3.05) is 26.2 Å². The molecule has 1 unspecified atom stereocenters. The van der Waals surface area contributed by atoms with Crippen LogP contribution in [-0.4, -0.2) is 52.9 Å². The number of allylic oxidation sites excluding steroid dienone is 1. The number of pyridine rings is 1. The van der Waals surface area contributed by atoms with E-state index in [0.29, 0.717) is 32.1 Å². The largest absolute Gasteiger partial charge is 0.417 e. The van der Waals surface area contributed by atoms with Gasteiger partial charge in [-0.1, -0.05) is 0 Å². The molecule has 4 heterocycles. The summed E-state index contributed by atoms with van der Waals surface area (Å²) in [5.74, 6) is -0.307. The number of fused-ring (bicyclic) bond motifs is 1. The molecule has 0 aromatic carbocycles. The Balaban J connectivity index is 1.13. The zero-order chi connectivity index (χ0) is 23.2. The Morgan fingerprint density at radius 3 is 2.79 bits per heavy atom. The van der Waals surface area contributed by atoms with Crippen molar-refractivity contribution in [2.45, 2.75) is 25.4 Å². The van der Waals surface area contributed by atoms with Crippen LogP contribution in [0.4, 0.5) is 18.0 Å². The number of nitrogens with one attached hydrogen (secondary N) is 2. The van der Waals surface area contributed by atoms with Gasteiger partial charge in [-0.15, -0.1) is 0 Å². The molecular weight excluding hydrogens is 435 g/mol. The number of nitrogens with zero attached hydrogens (tertiary/aromatic N) is 3. The number of piperidine rings is 1. The van der Waals surface area contributed by atoms with Gasteiger partial charge >= 0.3 is 12.2 Å². The second kappa shape index (κ2) is 7.93. The van der Waals surface area contributed by atoms with Crippen molar-refractivity contribution in [3.8, 4) is 0 Å². The van der Waals surface area contributed by atoms with Crippen LogP contribution < -0.4 is 10.6 Å². The van der Waals surface area contributed by atoms with Gasteiger partial charge in [-0.3, -0.25) is 14.7 Å². The predicted octanol–water partition coefficient (Wildman–Crippen LogP) is 3.25. The van der Waals surface area contributed by atoms with E-state index in [4.69, 9.17) is 0 Å². The number of aromatic nitrogens is 1. The first-order chi connectivity index (χ1) is 15.8. The van der Waals surface area contributed by atoms with Crippen molar-refractivity contribution in [1.29, 1.82) is 0 Å². The van der Waals surface area contributed by atoms with Crippen molar-refractivity contribution < 1.29 is 22.8 Å². The monoisotopic (exact) mass is 459 g/mol. The van der Waals surface area contributed by atoms with E-state index in [1.165, 1.54) is 4.90 Å². The molecule has 0 radical (unpaired) electrons. The summed E-state index contributed by atoms with van der Waals surface area (Å²) in [5, 5.41) is 6.03. The van der Waals surface area contributed by atoms with Gasteiger partial charge < -0.3 is 15.5 Å². The van der Waals surface area contributed by atoms with Crippen LogP contribution in [-0.2, 0) is 6.18 Å². The smallest absolute Gasteiger partial charge is 0.367 e. The number of urea groups is 1. The Hall–Kier alpha value is -3.30. The zero-order valence-electron chi connectivity index (χ0n) is 17.9. The van der Waals surface area contributed by atoms with E-state index >= 15 is 0 Å². The third-order valence-corrected chi connectivity index (χ3v) is 7.15. The summed E-state index contributed by atoms with van der Waals surface area (Å²) >= 11 is 0. The minimum atomic E-state index is -4.60. The van der Waals surface area contributed by atoms with Crippen LogP contribution in [0.25, 0.3) is 0 Å². The molecule has 1 saturated heterocycles. The molecule has 0 bridgehead atoms. The molecular formula is C23H24F3N5O2. The Labute approximate surface area is 189 Å². The first-order valence-electron chi connectivity index (χ1n) is 11.0. The summed E-state index contributed by atoms with van der Waals surface area (Å²) in [4.78, 5) is 32.2. The van der Waals surface area contributed by atoms with Crippen molar-refractivity contribution in [1.82, 2.24) is 25.4 Å². The summed E-state index contributed by atoms with van der Waals surface area (Å²) < 4.78 is 39.8. The molecule has 33 heavy (non-hydrogen) atoms. The summed E-state index contributed by atoms with van der Waals surface area (Å²) in [6, 6.07) is 0.699. The highest BCUT2D eigenvalue weighted by atomic mass is 19.4. The highest BCUT2D eigenvalue weighted by Gasteiger charge is 2.55. The lowest BCUT2D eigenvalue weighted by Crippen LogP contribution is -2.41. The fourth-order valence-corrected chi connectivity index (χ4v) is 5.05. The normalized spacial score (nSPS) is 22.9. The molecule has 2 N–H and O–H groups in total. The number of amides is 3. The lowest BCUT2D eigenvalue weighted by atomic mass is 9.90. The van der Waals surface area contributed by atoms with Gasteiger partial charge in [0.15, 0.2) is 0 Å². The summed E-state index contributed by atoms with van der Waals surface area (Å²) in [6.45, 7) is 1.89. The van der Waals surface area contributed by atoms with Crippen LogP contribution in [0.1, 0.15) is 35.2 Å². The molecule has 3 amide bonds. The van der Waals surface area contributed by atoms with Gasteiger partial charge in [-0.2, -0.15) is 13.2 Å². The number of halogens is 3. The van der Waals surface area contributed by atoms with Crippen LogP contribution >= 0.6 is 0 Å². The minimum absolute atomic E-state index is 0.0541. The number of carbonyl (C=O) groups is 2. The number of rotatable bonds is 3. The highest BCUT2D eigenvalue weighted by molar-refractivity contribution is 5.95. The van der Waals surface area contributed by atoms with E-state index in [1.807, 2.05) is 24.7 Å². The Morgan fingerprint density at radius 1 is 1.27 bits per heavy atom.